The molecule has 4 rings (SSSR count). The standard InChI is InChI=1S/C22H23ClN2O3S/c23-19-7-6-17-12-18(14-24-20-9-11-29(27,28)15-20)22(26)25(21(17)13-19)10-8-16-4-2-1-3-5-16/h1-7,12-13,20,24H,8-11,14-15H2. The Kier molecular flexibility index (Phi) is 5.76. The van der Waals surface area contributed by atoms with E-state index in [9.17, 15) is 13.2 Å². The van der Waals surface area contributed by atoms with Gasteiger partial charge in [-0.25, -0.2) is 8.42 Å². The number of aromatic nitrogens is 1. The van der Waals surface area contributed by atoms with E-state index in [1.807, 2.05) is 54.6 Å². The maximum atomic E-state index is 13.2. The van der Waals surface area contributed by atoms with Crippen LogP contribution >= 0.6 is 11.6 Å². The zero-order valence-corrected chi connectivity index (χ0v) is 17.5. The van der Waals surface area contributed by atoms with E-state index >= 15 is 0 Å². The molecule has 0 spiro atoms. The number of pyridine rings is 1. The highest BCUT2D eigenvalue weighted by atomic mass is 35.5. The summed E-state index contributed by atoms with van der Waals surface area (Å²) in [5.41, 5.74) is 2.54. The Hall–Kier alpha value is -2.15. The van der Waals surface area contributed by atoms with Crippen molar-refractivity contribution in [3.63, 3.8) is 0 Å². The molecule has 2 heterocycles. The fraction of sp³-hybridized carbons (Fsp3) is 0.318. The van der Waals surface area contributed by atoms with E-state index in [0.29, 0.717) is 30.1 Å². The number of hydrogen-bond donors (Lipinski definition) is 1. The fourth-order valence-electron chi connectivity index (χ4n) is 3.85. The number of nitrogens with one attached hydrogen (secondary N) is 1. The molecule has 1 fully saturated rings. The van der Waals surface area contributed by atoms with Gasteiger partial charge in [0.2, 0.25) is 0 Å². The molecule has 1 aromatic heterocycles. The summed E-state index contributed by atoms with van der Waals surface area (Å²) in [6.07, 6.45) is 1.33. The van der Waals surface area contributed by atoms with Crippen molar-refractivity contribution < 1.29 is 8.42 Å². The first kappa shape index (κ1) is 20.1. The van der Waals surface area contributed by atoms with Gasteiger partial charge in [0.05, 0.1) is 17.0 Å². The van der Waals surface area contributed by atoms with Crippen LogP contribution in [-0.2, 0) is 29.3 Å². The van der Waals surface area contributed by atoms with Gasteiger partial charge in [-0.3, -0.25) is 4.79 Å². The second kappa shape index (κ2) is 8.30. The quantitative estimate of drug-likeness (QED) is 0.652. The van der Waals surface area contributed by atoms with Crippen LogP contribution in [0.4, 0.5) is 0 Å². The predicted molar refractivity (Wildman–Crippen MR) is 117 cm³/mol. The topological polar surface area (TPSA) is 68.2 Å². The Labute approximate surface area is 175 Å². The molecular weight excluding hydrogens is 408 g/mol. The third-order valence-electron chi connectivity index (χ3n) is 5.41. The minimum atomic E-state index is -2.96. The van der Waals surface area contributed by atoms with E-state index in [-0.39, 0.29) is 23.1 Å². The van der Waals surface area contributed by atoms with Gasteiger partial charge in [-0.15, -0.1) is 0 Å². The molecule has 1 unspecified atom stereocenters. The summed E-state index contributed by atoms with van der Waals surface area (Å²) in [6, 6.07) is 17.4. The Morgan fingerprint density at radius 2 is 1.90 bits per heavy atom. The third-order valence-corrected chi connectivity index (χ3v) is 7.42. The first-order valence-electron chi connectivity index (χ1n) is 9.71. The molecule has 29 heavy (non-hydrogen) atoms. The molecule has 0 saturated carbocycles. The minimum Gasteiger partial charge on any atom is -0.309 e. The number of hydrogen-bond acceptors (Lipinski definition) is 4. The molecule has 2 aromatic carbocycles. The second-order valence-electron chi connectivity index (χ2n) is 7.55. The molecule has 1 N–H and O–H groups in total. The molecule has 5 nitrogen and oxygen atoms in total. The van der Waals surface area contributed by atoms with Crippen molar-refractivity contribution in [3.05, 3.63) is 81.1 Å². The van der Waals surface area contributed by atoms with Crippen LogP contribution in [0.2, 0.25) is 5.02 Å². The van der Waals surface area contributed by atoms with Gasteiger partial charge in [0, 0.05) is 29.7 Å². The van der Waals surface area contributed by atoms with E-state index in [1.54, 1.807) is 4.57 Å². The molecule has 3 aromatic rings. The monoisotopic (exact) mass is 430 g/mol. The molecule has 0 aliphatic carbocycles. The molecule has 1 atom stereocenters. The lowest BCUT2D eigenvalue weighted by Gasteiger charge is -2.15. The molecule has 1 aliphatic rings. The average molecular weight is 431 g/mol. The van der Waals surface area contributed by atoms with Gasteiger partial charge in [-0.1, -0.05) is 48.0 Å². The average Bonchev–Trinajstić information content (AvgIpc) is 3.05. The summed E-state index contributed by atoms with van der Waals surface area (Å²) in [7, 11) is -2.96. The first-order valence-corrected chi connectivity index (χ1v) is 11.9. The van der Waals surface area contributed by atoms with Crippen LogP contribution in [0.3, 0.4) is 0 Å². The first-order chi connectivity index (χ1) is 13.9. The number of rotatable bonds is 6. The molecule has 152 valence electrons. The normalized spacial score (nSPS) is 18.3. The van der Waals surface area contributed by atoms with Gasteiger partial charge in [0.25, 0.3) is 5.56 Å². The number of fused-ring (bicyclic) bond motifs is 1. The van der Waals surface area contributed by atoms with E-state index in [1.165, 1.54) is 0 Å². The largest absolute Gasteiger partial charge is 0.309 e. The summed E-state index contributed by atoms with van der Waals surface area (Å²) in [5, 5.41) is 4.79. The maximum absolute atomic E-state index is 13.2. The summed E-state index contributed by atoms with van der Waals surface area (Å²) >= 11 is 6.19. The van der Waals surface area contributed by atoms with Crippen LogP contribution < -0.4 is 10.9 Å². The Bertz CT molecular complexity index is 1190. The SMILES string of the molecule is O=c1c(CNC2CCS(=O)(=O)C2)cc2ccc(Cl)cc2n1CCc1ccccc1. The number of nitrogens with zero attached hydrogens (tertiary/aromatic N) is 1. The lowest BCUT2D eigenvalue weighted by Crippen LogP contribution is -2.33. The van der Waals surface area contributed by atoms with Gasteiger partial charge in [-0.2, -0.15) is 0 Å². The predicted octanol–water partition coefficient (Wildman–Crippen LogP) is 3.17. The van der Waals surface area contributed by atoms with E-state index < -0.39 is 9.84 Å². The van der Waals surface area contributed by atoms with Crippen molar-refractivity contribution in [2.75, 3.05) is 11.5 Å². The maximum Gasteiger partial charge on any atom is 0.255 e. The molecule has 1 aliphatic heterocycles. The molecular formula is C22H23ClN2O3S. The number of halogens is 1. The van der Waals surface area contributed by atoms with Crippen LogP contribution in [0.5, 0.6) is 0 Å². The van der Waals surface area contributed by atoms with Gasteiger partial charge < -0.3 is 9.88 Å². The van der Waals surface area contributed by atoms with E-state index in [4.69, 9.17) is 11.6 Å². The highest BCUT2D eigenvalue weighted by Gasteiger charge is 2.27. The van der Waals surface area contributed by atoms with Crippen molar-refractivity contribution >= 4 is 32.3 Å². The van der Waals surface area contributed by atoms with E-state index in [2.05, 4.69) is 5.32 Å². The summed E-state index contributed by atoms with van der Waals surface area (Å²) in [5.74, 6) is 0.348. The second-order valence-corrected chi connectivity index (χ2v) is 10.2. The van der Waals surface area contributed by atoms with Gasteiger partial charge in [-0.05, 0) is 42.0 Å². The number of aryl methyl sites for hydroxylation is 2. The molecule has 0 bridgehead atoms. The molecule has 7 heteroatoms. The van der Waals surface area contributed by atoms with Crippen molar-refractivity contribution in [2.45, 2.75) is 32.0 Å². The van der Waals surface area contributed by atoms with Crippen molar-refractivity contribution in [3.8, 4) is 0 Å². The zero-order valence-electron chi connectivity index (χ0n) is 16.0. The number of benzene rings is 2. The van der Waals surface area contributed by atoms with Crippen molar-refractivity contribution in [1.29, 1.82) is 0 Å². The minimum absolute atomic E-state index is 0.0657. The van der Waals surface area contributed by atoms with Crippen molar-refractivity contribution in [1.82, 2.24) is 9.88 Å². The number of sulfone groups is 1. The van der Waals surface area contributed by atoms with Crippen LogP contribution in [0, 0.1) is 0 Å². The summed E-state index contributed by atoms with van der Waals surface area (Å²) in [6.45, 7) is 0.897. The van der Waals surface area contributed by atoms with Crippen molar-refractivity contribution in [2.24, 2.45) is 0 Å². The van der Waals surface area contributed by atoms with Crippen LogP contribution in [0.15, 0.2) is 59.4 Å². The van der Waals surface area contributed by atoms with Crippen LogP contribution in [0.1, 0.15) is 17.5 Å². The molecule has 0 radical (unpaired) electrons. The Balaban J connectivity index is 1.63. The fourth-order valence-corrected chi connectivity index (χ4v) is 5.72. The summed E-state index contributed by atoms with van der Waals surface area (Å²) in [4.78, 5) is 13.2. The molecule has 0 amide bonds. The zero-order chi connectivity index (χ0) is 20.4. The molecule has 1 saturated heterocycles. The summed E-state index contributed by atoms with van der Waals surface area (Å²) < 4.78 is 25.1. The van der Waals surface area contributed by atoms with Gasteiger partial charge >= 0.3 is 0 Å². The van der Waals surface area contributed by atoms with Gasteiger partial charge in [0.1, 0.15) is 0 Å². The Morgan fingerprint density at radius 1 is 1.10 bits per heavy atom. The van der Waals surface area contributed by atoms with E-state index in [0.717, 1.165) is 22.9 Å². The smallest absolute Gasteiger partial charge is 0.255 e. The third kappa shape index (κ3) is 4.71. The highest BCUT2D eigenvalue weighted by Crippen LogP contribution is 2.20. The lowest BCUT2D eigenvalue weighted by molar-refractivity contribution is 0.549. The highest BCUT2D eigenvalue weighted by molar-refractivity contribution is 7.91. The van der Waals surface area contributed by atoms with Crippen LogP contribution in [-0.4, -0.2) is 30.5 Å². The van der Waals surface area contributed by atoms with Crippen LogP contribution in [0.25, 0.3) is 10.9 Å². The lowest BCUT2D eigenvalue weighted by atomic mass is 10.1. The Morgan fingerprint density at radius 3 is 2.62 bits per heavy atom. The van der Waals surface area contributed by atoms with Gasteiger partial charge in [0.15, 0.2) is 9.84 Å².